The van der Waals surface area contributed by atoms with Gasteiger partial charge in [0.05, 0.1) is 6.04 Å². The molecule has 11 nitrogen and oxygen atoms in total. The van der Waals surface area contributed by atoms with Crippen LogP contribution >= 0.6 is 0 Å². The first-order valence-electron chi connectivity index (χ1n) is 16.0. The van der Waals surface area contributed by atoms with Crippen molar-refractivity contribution < 1.29 is 24.0 Å². The Morgan fingerprint density at radius 1 is 0.744 bits per heavy atom. The molecule has 0 aromatic heterocycles. The van der Waals surface area contributed by atoms with E-state index in [1.807, 2.05) is 81.3 Å². The Bertz CT molecular complexity index is 1010. The highest BCUT2D eigenvalue weighted by Gasteiger charge is 2.46. The molecular formula is C32H58N6O5. The molecule has 2 saturated heterocycles. The number of amides is 5. The van der Waals surface area contributed by atoms with Gasteiger partial charge in [-0.25, -0.2) is 0 Å². The average molecular weight is 607 g/mol. The average Bonchev–Trinajstić information content (AvgIpc) is 3.55. The minimum Gasteiger partial charge on any atom is -0.350 e. The van der Waals surface area contributed by atoms with Crippen LogP contribution in [0.3, 0.4) is 0 Å². The molecule has 0 aromatic carbocycles. The summed E-state index contributed by atoms with van der Waals surface area (Å²) in [4.78, 5) is 74.7. The quantitative estimate of drug-likeness (QED) is 0.372. The summed E-state index contributed by atoms with van der Waals surface area (Å²) in [5.74, 6) is -1.61. The third-order valence-electron chi connectivity index (χ3n) is 8.49. The van der Waals surface area contributed by atoms with Gasteiger partial charge in [-0.15, -0.1) is 0 Å². The molecule has 2 unspecified atom stereocenters. The molecule has 0 aliphatic carbocycles. The Hall–Kier alpha value is -2.69. The first kappa shape index (κ1) is 36.5. The van der Waals surface area contributed by atoms with Crippen molar-refractivity contribution in [2.45, 2.75) is 124 Å². The smallest absolute Gasteiger partial charge is 0.246 e. The fraction of sp³-hybridized carbons (Fsp3) is 0.844. The fourth-order valence-corrected chi connectivity index (χ4v) is 6.54. The third-order valence-corrected chi connectivity index (χ3v) is 8.49. The largest absolute Gasteiger partial charge is 0.350 e. The lowest BCUT2D eigenvalue weighted by molar-refractivity contribution is -0.153. The summed E-state index contributed by atoms with van der Waals surface area (Å²) in [5, 5.41) is 5.96. The molecule has 2 N–H and O–H groups in total. The van der Waals surface area contributed by atoms with Crippen molar-refractivity contribution in [3.63, 3.8) is 0 Å². The zero-order valence-corrected chi connectivity index (χ0v) is 28.7. The van der Waals surface area contributed by atoms with Gasteiger partial charge in [-0.05, 0) is 78.3 Å². The van der Waals surface area contributed by atoms with Crippen LogP contribution in [0.15, 0.2) is 0 Å². The molecule has 2 fully saturated rings. The summed E-state index contributed by atoms with van der Waals surface area (Å²) < 4.78 is 0. The van der Waals surface area contributed by atoms with Crippen molar-refractivity contribution >= 4 is 29.5 Å². The first-order valence-corrected chi connectivity index (χ1v) is 16.0. The zero-order chi connectivity index (χ0) is 33.0. The minimum atomic E-state index is -0.813. The molecule has 0 aromatic rings. The van der Waals surface area contributed by atoms with E-state index in [-0.39, 0.29) is 47.3 Å². The summed E-state index contributed by atoms with van der Waals surface area (Å²) in [7, 11) is 5.29. The Balaban J connectivity index is 2.27. The van der Waals surface area contributed by atoms with Crippen LogP contribution in [0.2, 0.25) is 0 Å². The summed E-state index contributed by atoms with van der Waals surface area (Å²) in [6, 6.07) is -3.25. The summed E-state index contributed by atoms with van der Waals surface area (Å²) in [6.45, 7) is 18.1. The molecule has 246 valence electrons. The van der Waals surface area contributed by atoms with Crippen molar-refractivity contribution in [1.82, 2.24) is 30.2 Å². The van der Waals surface area contributed by atoms with Gasteiger partial charge in [0, 0.05) is 25.7 Å². The topological polar surface area (TPSA) is 122 Å². The molecule has 0 saturated carbocycles. The van der Waals surface area contributed by atoms with Crippen molar-refractivity contribution in [1.29, 1.82) is 0 Å². The van der Waals surface area contributed by atoms with Crippen LogP contribution in [0, 0.1) is 17.8 Å². The summed E-state index contributed by atoms with van der Waals surface area (Å²) in [5.41, 5.74) is -0.416. The number of nitrogens with one attached hydrogen (secondary N) is 2. The molecule has 2 rings (SSSR count). The van der Waals surface area contributed by atoms with Crippen LogP contribution in [0.4, 0.5) is 0 Å². The number of likely N-dealkylation sites (N-methyl/N-ethyl adjacent to an activating group) is 2. The monoisotopic (exact) mass is 606 g/mol. The Kier molecular flexibility index (Phi) is 12.6. The van der Waals surface area contributed by atoms with Gasteiger partial charge in [0.25, 0.3) is 0 Å². The maximum absolute atomic E-state index is 14.2. The molecular weight excluding hydrogens is 548 g/mol. The van der Waals surface area contributed by atoms with E-state index >= 15 is 0 Å². The minimum absolute atomic E-state index is 0.0417. The van der Waals surface area contributed by atoms with Gasteiger partial charge >= 0.3 is 0 Å². The maximum atomic E-state index is 14.2. The molecule has 2 heterocycles. The normalized spacial score (nSPS) is 21.4. The second-order valence-corrected chi connectivity index (χ2v) is 14.6. The van der Waals surface area contributed by atoms with E-state index in [1.54, 1.807) is 16.8 Å². The van der Waals surface area contributed by atoms with Gasteiger partial charge in [0.2, 0.25) is 29.5 Å². The highest BCUT2D eigenvalue weighted by molar-refractivity contribution is 5.96. The van der Waals surface area contributed by atoms with E-state index in [0.29, 0.717) is 32.4 Å². The van der Waals surface area contributed by atoms with Crippen molar-refractivity contribution in [2.75, 3.05) is 34.2 Å². The maximum Gasteiger partial charge on any atom is 0.246 e. The van der Waals surface area contributed by atoms with Gasteiger partial charge in [-0.1, -0.05) is 41.5 Å². The van der Waals surface area contributed by atoms with Crippen molar-refractivity contribution in [2.24, 2.45) is 17.8 Å². The van der Waals surface area contributed by atoms with Crippen molar-refractivity contribution in [3.8, 4) is 0 Å². The van der Waals surface area contributed by atoms with Crippen LogP contribution in [-0.2, 0) is 24.0 Å². The second-order valence-electron chi connectivity index (χ2n) is 14.6. The first-order chi connectivity index (χ1) is 19.8. The lowest BCUT2D eigenvalue weighted by atomic mass is 9.96. The van der Waals surface area contributed by atoms with Crippen LogP contribution in [0.25, 0.3) is 0 Å². The van der Waals surface area contributed by atoms with Crippen LogP contribution in [0.1, 0.15) is 88.0 Å². The van der Waals surface area contributed by atoms with E-state index in [9.17, 15) is 24.0 Å². The number of likely N-dealkylation sites (tertiary alicyclic amines) is 2. The second kappa shape index (κ2) is 14.9. The van der Waals surface area contributed by atoms with Crippen LogP contribution in [0.5, 0.6) is 0 Å². The molecule has 2 aliphatic heterocycles. The fourth-order valence-electron chi connectivity index (χ4n) is 6.54. The Labute approximate surface area is 259 Å². The zero-order valence-electron chi connectivity index (χ0n) is 28.7. The van der Waals surface area contributed by atoms with E-state index < -0.39 is 35.7 Å². The number of carbonyl (C=O) groups is 5. The molecule has 0 bridgehead atoms. The molecule has 43 heavy (non-hydrogen) atoms. The van der Waals surface area contributed by atoms with Gasteiger partial charge in [-0.3, -0.25) is 28.9 Å². The van der Waals surface area contributed by atoms with Gasteiger partial charge in [-0.2, -0.15) is 0 Å². The number of hydrogen-bond acceptors (Lipinski definition) is 6. The molecule has 0 spiro atoms. The SMILES string of the molecule is CC(C)C(C(=O)N[C@H](C(=O)N(C)C(C(=O)N1CCC[C@H]1C(=O)N1CCC[C@H]1C(=O)NC(C)(C)C)C(C)C)C(C)C)N(C)C. The highest BCUT2D eigenvalue weighted by Crippen LogP contribution is 2.28. The summed E-state index contributed by atoms with van der Waals surface area (Å²) in [6.07, 6.45) is 2.51. The highest BCUT2D eigenvalue weighted by atomic mass is 16.2. The predicted molar refractivity (Wildman–Crippen MR) is 168 cm³/mol. The van der Waals surface area contributed by atoms with Gasteiger partial charge in [0.1, 0.15) is 24.2 Å². The molecule has 0 radical (unpaired) electrons. The predicted octanol–water partition coefficient (Wildman–Crippen LogP) is 2.09. The van der Waals surface area contributed by atoms with Gasteiger partial charge < -0.3 is 25.3 Å². The lowest BCUT2D eigenvalue weighted by Gasteiger charge is -2.39. The number of hydrogen-bond donors (Lipinski definition) is 2. The standard InChI is InChI=1S/C32H58N6O5/c1-19(2)24(33-28(40)25(20(3)4)35(10)11)30(42)36(12)26(21(5)6)31(43)38-18-14-16-23(38)29(41)37-17-13-15-22(37)27(39)34-32(7,8)9/h19-26H,13-18H2,1-12H3,(H,33,40)(H,34,39)/t22-,23-,24-,25?,26?/m0/s1. The molecule has 5 amide bonds. The van der Waals surface area contributed by atoms with E-state index in [4.69, 9.17) is 0 Å². The third kappa shape index (κ3) is 8.92. The lowest BCUT2D eigenvalue weighted by Crippen LogP contribution is -2.61. The molecule has 2 aliphatic rings. The van der Waals surface area contributed by atoms with E-state index in [2.05, 4.69) is 10.6 Å². The summed E-state index contributed by atoms with van der Waals surface area (Å²) >= 11 is 0. The van der Waals surface area contributed by atoms with Gasteiger partial charge in [0.15, 0.2) is 0 Å². The molecule has 5 atom stereocenters. The Morgan fingerprint density at radius 3 is 1.72 bits per heavy atom. The van der Waals surface area contributed by atoms with Crippen LogP contribution in [-0.4, -0.2) is 119 Å². The number of nitrogens with zero attached hydrogens (tertiary/aromatic N) is 4. The molecule has 11 heteroatoms. The number of carbonyl (C=O) groups excluding carboxylic acids is 5. The number of rotatable bonds is 11. The van der Waals surface area contributed by atoms with E-state index in [1.165, 1.54) is 4.90 Å². The van der Waals surface area contributed by atoms with E-state index in [0.717, 1.165) is 6.42 Å². The van der Waals surface area contributed by atoms with Crippen LogP contribution < -0.4 is 10.6 Å². The van der Waals surface area contributed by atoms with Crippen molar-refractivity contribution in [3.05, 3.63) is 0 Å². The Morgan fingerprint density at radius 2 is 1.26 bits per heavy atom.